The van der Waals surface area contributed by atoms with E-state index in [1.54, 1.807) is 20.8 Å². The quantitative estimate of drug-likeness (QED) is 0.558. The first-order valence-corrected chi connectivity index (χ1v) is 11.0. The summed E-state index contributed by atoms with van der Waals surface area (Å²) in [6, 6.07) is 3.66. The summed E-state index contributed by atoms with van der Waals surface area (Å²) in [5.74, 6) is -1.33. The predicted octanol–water partition coefficient (Wildman–Crippen LogP) is 3.41. The van der Waals surface area contributed by atoms with Gasteiger partial charge in [0.1, 0.15) is 23.3 Å². The molecule has 0 bridgehead atoms. The average molecular weight is 447 g/mol. The number of aromatic hydroxyl groups is 1. The van der Waals surface area contributed by atoms with Crippen molar-refractivity contribution in [2.24, 2.45) is 0 Å². The molecule has 0 aromatic carbocycles. The molecule has 2 heterocycles. The highest BCUT2D eigenvalue weighted by Crippen LogP contribution is 2.33. The zero-order valence-corrected chi connectivity index (χ0v) is 19.0. The summed E-state index contributed by atoms with van der Waals surface area (Å²) >= 11 is 0. The van der Waals surface area contributed by atoms with E-state index in [0.717, 1.165) is 37.0 Å². The number of amides is 2. The molecule has 0 radical (unpaired) electrons. The van der Waals surface area contributed by atoms with E-state index in [1.165, 1.54) is 22.8 Å². The number of carbonyl (C=O) groups excluding carboxylic acids is 2. The molecule has 170 valence electrons. The topological polar surface area (TPSA) is 127 Å². The fourth-order valence-corrected chi connectivity index (χ4v) is 4.50. The van der Waals surface area contributed by atoms with Crippen LogP contribution in [0.5, 0.6) is 5.88 Å². The third kappa shape index (κ3) is 4.12. The van der Waals surface area contributed by atoms with Crippen LogP contribution in [0.3, 0.4) is 0 Å². The number of allylic oxidation sites excluding steroid dienone is 2. The predicted molar refractivity (Wildman–Crippen MR) is 122 cm³/mol. The number of nitrogens with zero attached hydrogens (tertiary/aromatic N) is 4. The summed E-state index contributed by atoms with van der Waals surface area (Å²) in [4.78, 5) is 39.0. The minimum absolute atomic E-state index is 0.0231. The summed E-state index contributed by atoms with van der Waals surface area (Å²) in [6.07, 6.45) is 9.02. The van der Waals surface area contributed by atoms with Crippen LogP contribution in [0.4, 0.5) is 0 Å². The fourth-order valence-electron chi connectivity index (χ4n) is 4.50. The molecular formula is C25H26N4O4. The summed E-state index contributed by atoms with van der Waals surface area (Å²) in [5, 5.41) is 29.9. The number of imide groups is 1. The first kappa shape index (κ1) is 23.7. The number of hydrogen-bond acceptors (Lipinski definition) is 6. The Hall–Kier alpha value is -3.91. The molecule has 2 aliphatic rings. The van der Waals surface area contributed by atoms with Crippen molar-refractivity contribution in [1.29, 1.82) is 10.5 Å². The molecule has 1 saturated carbocycles. The summed E-state index contributed by atoms with van der Waals surface area (Å²) in [7, 11) is 0. The van der Waals surface area contributed by atoms with Gasteiger partial charge in [0.2, 0.25) is 5.88 Å². The number of nitriles is 2. The van der Waals surface area contributed by atoms with E-state index in [1.807, 2.05) is 12.1 Å². The summed E-state index contributed by atoms with van der Waals surface area (Å²) in [5.41, 5.74) is 0.550. The zero-order chi connectivity index (χ0) is 24.3. The van der Waals surface area contributed by atoms with Crippen molar-refractivity contribution in [3.8, 4) is 18.0 Å². The van der Waals surface area contributed by atoms with E-state index in [9.17, 15) is 30.0 Å². The second-order valence-corrected chi connectivity index (χ2v) is 8.22. The molecule has 0 atom stereocenters. The van der Waals surface area contributed by atoms with Gasteiger partial charge in [0.25, 0.3) is 17.4 Å². The van der Waals surface area contributed by atoms with Crippen molar-refractivity contribution in [1.82, 2.24) is 9.47 Å². The van der Waals surface area contributed by atoms with Gasteiger partial charge in [0.15, 0.2) is 0 Å². The SMILES string of the molecule is CCN1C(=O)C(=CC=Cc2c(C)c(C#N)c(=O)n(C3CCCCC3)c2O)C(C)=C(C#N)C1=O. The van der Waals surface area contributed by atoms with Crippen LogP contribution in [0.1, 0.15) is 68.7 Å². The third-order valence-corrected chi connectivity index (χ3v) is 6.40. The van der Waals surface area contributed by atoms with Crippen LogP contribution in [0.15, 0.2) is 33.7 Å². The van der Waals surface area contributed by atoms with Crippen molar-refractivity contribution < 1.29 is 14.7 Å². The van der Waals surface area contributed by atoms with E-state index >= 15 is 0 Å². The molecular weight excluding hydrogens is 420 g/mol. The maximum atomic E-state index is 12.9. The number of aromatic nitrogens is 1. The van der Waals surface area contributed by atoms with E-state index in [2.05, 4.69) is 0 Å². The minimum Gasteiger partial charge on any atom is -0.494 e. The maximum absolute atomic E-state index is 12.9. The monoisotopic (exact) mass is 446 g/mol. The Morgan fingerprint density at radius 2 is 1.73 bits per heavy atom. The second-order valence-electron chi connectivity index (χ2n) is 8.22. The number of carbonyl (C=O) groups is 2. The normalized spacial score (nSPS) is 18.8. The van der Waals surface area contributed by atoms with Crippen molar-refractivity contribution in [3.63, 3.8) is 0 Å². The van der Waals surface area contributed by atoms with Crippen LogP contribution in [-0.2, 0) is 9.59 Å². The Kier molecular flexibility index (Phi) is 6.98. The smallest absolute Gasteiger partial charge is 0.271 e. The van der Waals surface area contributed by atoms with E-state index in [-0.39, 0.29) is 40.7 Å². The van der Waals surface area contributed by atoms with Gasteiger partial charge in [0, 0.05) is 23.7 Å². The largest absolute Gasteiger partial charge is 0.494 e. The average Bonchev–Trinajstić information content (AvgIpc) is 2.79. The molecule has 1 aliphatic carbocycles. The molecule has 0 saturated heterocycles. The van der Waals surface area contributed by atoms with Gasteiger partial charge >= 0.3 is 0 Å². The molecule has 1 aromatic heterocycles. The lowest BCUT2D eigenvalue weighted by molar-refractivity contribution is -0.140. The van der Waals surface area contributed by atoms with Gasteiger partial charge in [0.05, 0.1) is 0 Å². The van der Waals surface area contributed by atoms with Crippen LogP contribution < -0.4 is 5.56 Å². The van der Waals surface area contributed by atoms with Gasteiger partial charge in [-0.25, -0.2) is 0 Å². The van der Waals surface area contributed by atoms with Gasteiger partial charge in [-0.2, -0.15) is 10.5 Å². The Bertz CT molecular complexity index is 1240. The third-order valence-electron chi connectivity index (χ3n) is 6.40. The molecule has 33 heavy (non-hydrogen) atoms. The Morgan fingerprint density at radius 3 is 2.30 bits per heavy atom. The molecule has 8 nitrogen and oxygen atoms in total. The molecule has 1 N–H and O–H groups in total. The molecule has 0 spiro atoms. The van der Waals surface area contributed by atoms with Gasteiger partial charge in [-0.1, -0.05) is 25.3 Å². The zero-order valence-electron chi connectivity index (χ0n) is 19.0. The van der Waals surface area contributed by atoms with Crippen molar-refractivity contribution in [2.45, 2.75) is 58.9 Å². The van der Waals surface area contributed by atoms with Crippen molar-refractivity contribution in [2.75, 3.05) is 6.54 Å². The number of rotatable bonds is 4. The molecule has 0 unspecified atom stereocenters. The molecule has 3 rings (SSSR count). The molecule has 1 aliphatic heterocycles. The highest BCUT2D eigenvalue weighted by molar-refractivity contribution is 6.18. The lowest BCUT2D eigenvalue weighted by Gasteiger charge is -2.26. The van der Waals surface area contributed by atoms with E-state index in [4.69, 9.17) is 0 Å². The van der Waals surface area contributed by atoms with Gasteiger partial charge in [-0.05, 0) is 56.9 Å². The van der Waals surface area contributed by atoms with Crippen LogP contribution in [-0.4, -0.2) is 32.9 Å². The fraction of sp³-hybridized carbons (Fsp3) is 0.400. The molecule has 1 fully saturated rings. The van der Waals surface area contributed by atoms with Gasteiger partial charge in [-0.15, -0.1) is 0 Å². The van der Waals surface area contributed by atoms with E-state index in [0.29, 0.717) is 11.1 Å². The number of likely N-dealkylation sites (N-methyl/N-ethyl adjacent to an activating group) is 1. The maximum Gasteiger partial charge on any atom is 0.271 e. The Morgan fingerprint density at radius 1 is 1.06 bits per heavy atom. The first-order chi connectivity index (χ1) is 15.8. The van der Waals surface area contributed by atoms with Crippen molar-refractivity contribution >= 4 is 17.9 Å². The standard InChI is InChI=1S/C25H26N4O4/c1-4-28-22(30)18(15(2)20(13-26)23(28)31)11-8-12-19-16(3)21(14-27)25(33)29(24(19)32)17-9-6-5-7-10-17/h8,11-12,17,32H,4-7,9-10H2,1-3H3. The van der Waals surface area contributed by atoms with Crippen LogP contribution in [0, 0.1) is 29.6 Å². The Balaban J connectivity index is 2.11. The number of pyridine rings is 1. The number of hydrogen-bond donors (Lipinski definition) is 1. The van der Waals surface area contributed by atoms with Gasteiger partial charge in [-0.3, -0.25) is 23.9 Å². The van der Waals surface area contributed by atoms with E-state index < -0.39 is 17.4 Å². The first-order valence-electron chi connectivity index (χ1n) is 11.0. The Labute approximate surface area is 192 Å². The van der Waals surface area contributed by atoms with Crippen LogP contribution in [0.2, 0.25) is 0 Å². The summed E-state index contributed by atoms with van der Waals surface area (Å²) in [6.45, 7) is 4.92. The molecule has 8 heteroatoms. The summed E-state index contributed by atoms with van der Waals surface area (Å²) < 4.78 is 1.32. The highest BCUT2D eigenvalue weighted by atomic mass is 16.3. The van der Waals surface area contributed by atoms with Crippen molar-refractivity contribution in [3.05, 3.63) is 55.9 Å². The van der Waals surface area contributed by atoms with Crippen LogP contribution >= 0.6 is 0 Å². The lowest BCUT2D eigenvalue weighted by Crippen LogP contribution is -2.42. The molecule has 1 aromatic rings. The molecule has 2 amide bonds. The second kappa shape index (κ2) is 9.70. The highest BCUT2D eigenvalue weighted by Gasteiger charge is 2.34. The van der Waals surface area contributed by atoms with Gasteiger partial charge < -0.3 is 5.11 Å². The van der Waals surface area contributed by atoms with Crippen LogP contribution in [0.25, 0.3) is 6.08 Å². The minimum atomic E-state index is -0.615. The lowest BCUT2D eigenvalue weighted by atomic mass is 9.94.